The molecule has 3 aliphatic rings. The van der Waals surface area contributed by atoms with Gasteiger partial charge in [0.1, 0.15) is 5.54 Å². The Morgan fingerprint density at radius 2 is 1.69 bits per heavy atom. The quantitative estimate of drug-likeness (QED) is 0.642. The summed E-state index contributed by atoms with van der Waals surface area (Å²) in [6.07, 6.45) is 9.66. The van der Waals surface area contributed by atoms with Crippen molar-refractivity contribution < 1.29 is 4.79 Å². The normalized spacial score (nSPS) is 25.9. The Labute approximate surface area is 188 Å². The first-order valence-corrected chi connectivity index (χ1v) is 11.7. The summed E-state index contributed by atoms with van der Waals surface area (Å²) in [6, 6.07) is 15.1. The highest BCUT2D eigenvalue weighted by Crippen LogP contribution is 2.46. The molecule has 2 saturated carbocycles. The van der Waals surface area contributed by atoms with Crippen molar-refractivity contribution in [1.82, 2.24) is 9.47 Å². The SMILES string of the molecule is CN1C(=O)[C@@H](c2ccc(C3CC3)cc2)[C@@](C)(c2ccc3cn(CC4CC4)cc3c2)N=C1N. The lowest BCUT2D eigenvalue weighted by Gasteiger charge is -2.41. The van der Waals surface area contributed by atoms with Gasteiger partial charge < -0.3 is 10.3 Å². The van der Waals surface area contributed by atoms with Gasteiger partial charge in [-0.05, 0) is 78.0 Å². The molecule has 0 spiro atoms. The Bertz CT molecular complexity index is 1230. The van der Waals surface area contributed by atoms with Gasteiger partial charge in [-0.1, -0.05) is 36.4 Å². The highest BCUT2D eigenvalue weighted by molar-refractivity contribution is 6.02. The zero-order valence-corrected chi connectivity index (χ0v) is 18.8. The van der Waals surface area contributed by atoms with E-state index in [0.717, 1.165) is 23.6 Å². The number of nitrogens with zero attached hydrogens (tertiary/aromatic N) is 3. The number of hydrogen-bond acceptors (Lipinski definition) is 3. The van der Waals surface area contributed by atoms with Crippen LogP contribution in [-0.4, -0.2) is 28.4 Å². The van der Waals surface area contributed by atoms with Crippen LogP contribution in [0.15, 0.2) is 59.9 Å². The number of carbonyl (C=O) groups excluding carboxylic acids is 1. The van der Waals surface area contributed by atoms with E-state index in [0.29, 0.717) is 5.92 Å². The fourth-order valence-corrected chi connectivity index (χ4v) is 5.22. The first kappa shape index (κ1) is 19.6. The van der Waals surface area contributed by atoms with Crippen LogP contribution in [0, 0.1) is 5.92 Å². The minimum absolute atomic E-state index is 0.00873. The molecule has 1 aromatic heterocycles. The molecule has 2 aliphatic carbocycles. The Hall–Kier alpha value is -3.08. The lowest BCUT2D eigenvalue weighted by Crippen LogP contribution is -2.52. The fraction of sp³-hybridized carbons (Fsp3) is 0.407. The Kier molecular flexibility index (Phi) is 4.26. The van der Waals surface area contributed by atoms with Crippen molar-refractivity contribution >= 4 is 22.6 Å². The maximum Gasteiger partial charge on any atom is 0.239 e. The van der Waals surface area contributed by atoms with Gasteiger partial charge in [0, 0.05) is 26.0 Å². The third kappa shape index (κ3) is 3.22. The molecular weight excluding hydrogens is 396 g/mol. The molecule has 5 nitrogen and oxygen atoms in total. The topological polar surface area (TPSA) is 63.6 Å². The number of benzene rings is 2. The van der Waals surface area contributed by atoms with Gasteiger partial charge in [0.15, 0.2) is 5.96 Å². The highest BCUT2D eigenvalue weighted by Gasteiger charge is 2.47. The van der Waals surface area contributed by atoms with Crippen LogP contribution in [0.3, 0.4) is 0 Å². The number of likely N-dealkylation sites (N-methyl/N-ethyl adjacent to an activating group) is 1. The minimum Gasteiger partial charge on any atom is -0.369 e. The summed E-state index contributed by atoms with van der Waals surface area (Å²) in [7, 11) is 1.72. The molecule has 1 amide bonds. The average Bonchev–Trinajstić information content (AvgIpc) is 3.70. The van der Waals surface area contributed by atoms with Crippen LogP contribution in [0.25, 0.3) is 10.8 Å². The molecule has 0 bridgehead atoms. The van der Waals surface area contributed by atoms with Gasteiger partial charge in [0.25, 0.3) is 0 Å². The highest BCUT2D eigenvalue weighted by atomic mass is 16.2. The van der Waals surface area contributed by atoms with E-state index in [1.807, 2.05) is 6.92 Å². The summed E-state index contributed by atoms with van der Waals surface area (Å²) in [5.41, 5.74) is 8.85. The van der Waals surface area contributed by atoms with Crippen molar-refractivity contribution in [3.05, 3.63) is 71.5 Å². The number of aromatic nitrogens is 1. The molecule has 2 heterocycles. The summed E-state index contributed by atoms with van der Waals surface area (Å²) in [5.74, 6) is 1.36. The molecule has 2 N–H and O–H groups in total. The molecule has 0 unspecified atom stereocenters. The Balaban J connectivity index is 1.43. The number of nitrogens with two attached hydrogens (primary N) is 1. The molecule has 3 aromatic rings. The van der Waals surface area contributed by atoms with Crippen molar-refractivity contribution in [2.45, 2.75) is 56.5 Å². The lowest BCUT2D eigenvalue weighted by molar-refractivity contribution is -0.130. The zero-order chi connectivity index (χ0) is 22.0. The first-order valence-electron chi connectivity index (χ1n) is 11.7. The molecule has 2 aromatic carbocycles. The number of amides is 1. The van der Waals surface area contributed by atoms with Crippen molar-refractivity contribution in [1.29, 1.82) is 0 Å². The molecule has 32 heavy (non-hydrogen) atoms. The summed E-state index contributed by atoms with van der Waals surface area (Å²) in [6.45, 7) is 3.14. The Morgan fingerprint density at radius 3 is 2.38 bits per heavy atom. The third-order valence-electron chi connectivity index (χ3n) is 7.60. The van der Waals surface area contributed by atoms with Crippen LogP contribution in [0.1, 0.15) is 61.1 Å². The minimum atomic E-state index is -0.762. The predicted molar refractivity (Wildman–Crippen MR) is 128 cm³/mol. The summed E-state index contributed by atoms with van der Waals surface area (Å²) in [5, 5.41) is 2.41. The number of hydrogen-bond donors (Lipinski definition) is 1. The number of guanidine groups is 1. The summed E-state index contributed by atoms with van der Waals surface area (Å²) < 4.78 is 2.31. The zero-order valence-electron chi connectivity index (χ0n) is 18.8. The van der Waals surface area contributed by atoms with Gasteiger partial charge in [0.2, 0.25) is 5.91 Å². The van der Waals surface area contributed by atoms with E-state index < -0.39 is 11.5 Å². The van der Waals surface area contributed by atoms with Crippen LogP contribution >= 0.6 is 0 Å². The van der Waals surface area contributed by atoms with E-state index in [4.69, 9.17) is 10.7 Å². The van der Waals surface area contributed by atoms with Crippen LogP contribution < -0.4 is 5.73 Å². The lowest BCUT2D eigenvalue weighted by atomic mass is 9.74. The molecule has 2 atom stereocenters. The van der Waals surface area contributed by atoms with Crippen LogP contribution in [-0.2, 0) is 16.9 Å². The van der Waals surface area contributed by atoms with Gasteiger partial charge >= 0.3 is 0 Å². The van der Waals surface area contributed by atoms with E-state index in [9.17, 15) is 4.79 Å². The number of fused-ring (bicyclic) bond motifs is 1. The molecular formula is C27H30N4O. The van der Waals surface area contributed by atoms with E-state index in [1.165, 1.54) is 46.9 Å². The van der Waals surface area contributed by atoms with E-state index >= 15 is 0 Å². The van der Waals surface area contributed by atoms with Gasteiger partial charge in [-0.15, -0.1) is 0 Å². The first-order chi connectivity index (χ1) is 15.4. The average molecular weight is 427 g/mol. The smallest absolute Gasteiger partial charge is 0.239 e. The van der Waals surface area contributed by atoms with Gasteiger partial charge in [-0.25, -0.2) is 4.99 Å². The second-order valence-electron chi connectivity index (χ2n) is 10.1. The van der Waals surface area contributed by atoms with Crippen LogP contribution in [0.4, 0.5) is 0 Å². The van der Waals surface area contributed by atoms with E-state index in [-0.39, 0.29) is 11.9 Å². The summed E-state index contributed by atoms with van der Waals surface area (Å²) in [4.78, 5) is 19.9. The maximum absolute atomic E-state index is 13.5. The van der Waals surface area contributed by atoms with Crippen LogP contribution in [0.5, 0.6) is 0 Å². The Morgan fingerprint density at radius 1 is 1.00 bits per heavy atom. The summed E-state index contributed by atoms with van der Waals surface area (Å²) >= 11 is 0. The van der Waals surface area contributed by atoms with Gasteiger partial charge in [-0.3, -0.25) is 9.69 Å². The number of rotatable bonds is 5. The standard InChI is InChI=1S/C27H30N4O/c1-27(23-12-11-21-15-31(14-17-3-4-17)16-22(21)13-23)24(25(32)30(2)26(28)29-27)20-9-7-19(8-10-20)18-5-6-18/h7-13,15-18,24H,3-6,14H2,1-2H3,(H2,28,29)/t24-,27-/m1/s1. The second-order valence-corrected chi connectivity index (χ2v) is 10.1. The van der Waals surface area contributed by atoms with Crippen molar-refractivity contribution in [2.24, 2.45) is 16.6 Å². The number of aliphatic imine (C=N–C) groups is 1. The third-order valence-corrected chi connectivity index (χ3v) is 7.60. The van der Waals surface area contributed by atoms with Gasteiger partial charge in [0.05, 0.1) is 5.92 Å². The van der Waals surface area contributed by atoms with Gasteiger partial charge in [-0.2, -0.15) is 0 Å². The molecule has 0 saturated heterocycles. The van der Waals surface area contributed by atoms with E-state index in [1.54, 1.807) is 7.05 Å². The predicted octanol–water partition coefficient (Wildman–Crippen LogP) is 4.71. The largest absolute Gasteiger partial charge is 0.369 e. The fourth-order valence-electron chi connectivity index (χ4n) is 5.22. The van der Waals surface area contributed by atoms with Crippen molar-refractivity contribution in [2.75, 3.05) is 7.05 Å². The molecule has 1 aliphatic heterocycles. The monoisotopic (exact) mass is 426 g/mol. The molecule has 164 valence electrons. The van der Waals surface area contributed by atoms with Crippen molar-refractivity contribution in [3.63, 3.8) is 0 Å². The molecule has 5 heteroatoms. The molecule has 0 radical (unpaired) electrons. The number of carbonyl (C=O) groups is 1. The molecule has 2 fully saturated rings. The van der Waals surface area contributed by atoms with Crippen molar-refractivity contribution in [3.8, 4) is 0 Å². The van der Waals surface area contributed by atoms with Crippen LogP contribution in [0.2, 0.25) is 0 Å². The molecule has 6 rings (SSSR count). The van der Waals surface area contributed by atoms with E-state index in [2.05, 4.69) is 59.4 Å². The maximum atomic E-state index is 13.5. The second kappa shape index (κ2) is 6.96.